The van der Waals surface area contributed by atoms with E-state index in [9.17, 15) is 9.59 Å². The largest absolute Gasteiger partial charge is 0.352 e. The van der Waals surface area contributed by atoms with Crippen LogP contribution in [0.5, 0.6) is 0 Å². The van der Waals surface area contributed by atoms with Gasteiger partial charge in [-0.15, -0.1) is 0 Å². The Hall–Kier alpha value is -2.76. The molecule has 0 radical (unpaired) electrons. The van der Waals surface area contributed by atoms with Gasteiger partial charge in [-0.25, -0.2) is 4.98 Å². The number of rotatable bonds is 7. The fourth-order valence-electron chi connectivity index (χ4n) is 2.09. The van der Waals surface area contributed by atoms with Crippen molar-refractivity contribution in [1.29, 1.82) is 0 Å². The molecule has 23 heavy (non-hydrogen) atoms. The Balaban J connectivity index is 1.69. The molecular formula is C17H20N4O2. The number of aromatic nitrogens is 2. The topological polar surface area (TPSA) is 84.0 Å². The quantitative estimate of drug-likeness (QED) is 0.808. The SMILES string of the molecule is C[C@@H](CCc1ccccc1)NC(=O)CNC(=O)c1cnccn1. The molecule has 0 aliphatic rings. The van der Waals surface area contributed by atoms with E-state index in [0.717, 1.165) is 12.8 Å². The van der Waals surface area contributed by atoms with E-state index in [0.29, 0.717) is 0 Å². The zero-order valence-electron chi connectivity index (χ0n) is 13.0. The molecule has 6 nitrogen and oxygen atoms in total. The van der Waals surface area contributed by atoms with E-state index in [-0.39, 0.29) is 24.2 Å². The summed E-state index contributed by atoms with van der Waals surface area (Å²) in [6.07, 6.45) is 6.01. The molecular weight excluding hydrogens is 292 g/mol. The van der Waals surface area contributed by atoms with Crippen LogP contribution in [0.25, 0.3) is 0 Å². The summed E-state index contributed by atoms with van der Waals surface area (Å²) >= 11 is 0. The molecule has 2 N–H and O–H groups in total. The maximum Gasteiger partial charge on any atom is 0.271 e. The summed E-state index contributed by atoms with van der Waals surface area (Å²) < 4.78 is 0. The number of aryl methyl sites for hydroxylation is 1. The Kier molecular flexibility index (Phi) is 6.23. The normalized spacial score (nSPS) is 11.5. The van der Waals surface area contributed by atoms with Crippen molar-refractivity contribution in [2.45, 2.75) is 25.8 Å². The maximum atomic E-state index is 11.8. The number of benzene rings is 1. The second kappa shape index (κ2) is 8.63. The predicted molar refractivity (Wildman–Crippen MR) is 86.7 cm³/mol. The van der Waals surface area contributed by atoms with E-state index >= 15 is 0 Å². The summed E-state index contributed by atoms with van der Waals surface area (Å²) in [6, 6.07) is 10.2. The first-order valence-electron chi connectivity index (χ1n) is 7.52. The van der Waals surface area contributed by atoms with Gasteiger partial charge in [0, 0.05) is 18.4 Å². The summed E-state index contributed by atoms with van der Waals surface area (Å²) in [5.74, 6) is -0.631. The Morgan fingerprint density at radius 1 is 1.17 bits per heavy atom. The number of nitrogens with one attached hydrogen (secondary N) is 2. The third-order valence-corrected chi connectivity index (χ3v) is 3.32. The molecule has 0 spiro atoms. The molecule has 1 heterocycles. The van der Waals surface area contributed by atoms with Gasteiger partial charge < -0.3 is 10.6 Å². The average Bonchev–Trinajstić information content (AvgIpc) is 2.59. The van der Waals surface area contributed by atoms with Gasteiger partial charge >= 0.3 is 0 Å². The number of nitrogens with zero attached hydrogens (tertiary/aromatic N) is 2. The molecule has 1 aromatic heterocycles. The predicted octanol–water partition coefficient (Wildman–Crippen LogP) is 1.34. The van der Waals surface area contributed by atoms with E-state index in [1.807, 2.05) is 25.1 Å². The highest BCUT2D eigenvalue weighted by Gasteiger charge is 2.11. The molecule has 0 fully saturated rings. The van der Waals surface area contributed by atoms with E-state index < -0.39 is 5.91 Å². The zero-order valence-corrected chi connectivity index (χ0v) is 13.0. The van der Waals surface area contributed by atoms with Crippen LogP contribution in [0.15, 0.2) is 48.9 Å². The number of hydrogen-bond donors (Lipinski definition) is 2. The lowest BCUT2D eigenvalue weighted by atomic mass is 10.1. The third-order valence-electron chi connectivity index (χ3n) is 3.32. The van der Waals surface area contributed by atoms with E-state index in [2.05, 4.69) is 32.7 Å². The number of carbonyl (C=O) groups is 2. The molecule has 0 saturated heterocycles. The highest BCUT2D eigenvalue weighted by molar-refractivity contribution is 5.94. The summed E-state index contributed by atoms with van der Waals surface area (Å²) in [6.45, 7) is 1.87. The standard InChI is InChI=1S/C17H20N4O2/c1-13(7-8-14-5-3-2-4-6-14)21-16(22)12-20-17(23)15-11-18-9-10-19-15/h2-6,9-11,13H,7-8,12H2,1H3,(H,20,23)(H,21,22)/t13-/m0/s1. The zero-order chi connectivity index (χ0) is 16.5. The van der Waals surface area contributed by atoms with Crippen LogP contribution in [-0.4, -0.2) is 34.4 Å². The molecule has 2 rings (SSSR count). The molecule has 2 amide bonds. The lowest BCUT2D eigenvalue weighted by molar-refractivity contribution is -0.120. The van der Waals surface area contributed by atoms with E-state index in [1.165, 1.54) is 24.2 Å². The minimum absolute atomic E-state index is 0.0381. The first-order chi connectivity index (χ1) is 11.1. The molecule has 0 unspecified atom stereocenters. The first-order valence-corrected chi connectivity index (χ1v) is 7.52. The second-order valence-electron chi connectivity index (χ2n) is 5.27. The fourth-order valence-corrected chi connectivity index (χ4v) is 2.09. The first kappa shape index (κ1) is 16.6. The number of amides is 2. The molecule has 120 valence electrons. The highest BCUT2D eigenvalue weighted by Crippen LogP contribution is 2.04. The van der Waals surface area contributed by atoms with E-state index in [1.54, 1.807) is 0 Å². The van der Waals surface area contributed by atoms with Gasteiger partial charge in [0.1, 0.15) is 5.69 Å². The molecule has 0 aliphatic carbocycles. The van der Waals surface area contributed by atoms with Crippen LogP contribution in [0, 0.1) is 0 Å². The monoisotopic (exact) mass is 312 g/mol. The molecule has 0 aliphatic heterocycles. The fraction of sp³-hybridized carbons (Fsp3) is 0.294. The Morgan fingerprint density at radius 3 is 2.65 bits per heavy atom. The van der Waals surface area contributed by atoms with Crippen molar-refractivity contribution >= 4 is 11.8 Å². The summed E-state index contributed by atoms with van der Waals surface area (Å²) in [4.78, 5) is 31.3. The van der Waals surface area contributed by atoms with Crippen LogP contribution in [0.3, 0.4) is 0 Å². The van der Waals surface area contributed by atoms with Crippen LogP contribution in [0.4, 0.5) is 0 Å². The van der Waals surface area contributed by atoms with Crippen molar-refractivity contribution < 1.29 is 9.59 Å². The van der Waals surface area contributed by atoms with Crippen LogP contribution in [0.1, 0.15) is 29.4 Å². The summed E-state index contributed by atoms with van der Waals surface area (Å²) in [5.41, 5.74) is 1.43. The molecule has 6 heteroatoms. The van der Waals surface area contributed by atoms with Gasteiger partial charge in [0.2, 0.25) is 5.91 Å². The minimum atomic E-state index is -0.412. The molecule has 1 atom stereocenters. The number of carbonyl (C=O) groups excluding carboxylic acids is 2. The van der Waals surface area contributed by atoms with Gasteiger partial charge in [-0.3, -0.25) is 14.6 Å². The second-order valence-corrected chi connectivity index (χ2v) is 5.27. The maximum absolute atomic E-state index is 11.8. The lowest BCUT2D eigenvalue weighted by Gasteiger charge is -2.14. The van der Waals surface area contributed by atoms with Gasteiger partial charge in [-0.1, -0.05) is 30.3 Å². The van der Waals surface area contributed by atoms with Gasteiger partial charge in [0.25, 0.3) is 5.91 Å². The third kappa shape index (κ3) is 5.86. The van der Waals surface area contributed by atoms with Gasteiger partial charge in [-0.2, -0.15) is 0 Å². The van der Waals surface area contributed by atoms with Crippen LogP contribution in [0.2, 0.25) is 0 Å². The van der Waals surface area contributed by atoms with Crippen LogP contribution >= 0.6 is 0 Å². The van der Waals surface area contributed by atoms with Gasteiger partial charge in [0.15, 0.2) is 0 Å². The lowest BCUT2D eigenvalue weighted by Crippen LogP contribution is -2.41. The minimum Gasteiger partial charge on any atom is -0.352 e. The van der Waals surface area contributed by atoms with Crippen LogP contribution < -0.4 is 10.6 Å². The molecule has 1 aromatic carbocycles. The smallest absolute Gasteiger partial charge is 0.271 e. The average molecular weight is 312 g/mol. The highest BCUT2D eigenvalue weighted by atomic mass is 16.2. The molecule has 0 saturated carbocycles. The molecule has 2 aromatic rings. The van der Waals surface area contributed by atoms with Crippen molar-refractivity contribution in [3.05, 3.63) is 60.2 Å². The van der Waals surface area contributed by atoms with Crippen molar-refractivity contribution in [1.82, 2.24) is 20.6 Å². The summed E-state index contributed by atoms with van der Waals surface area (Å²) in [7, 11) is 0. The number of hydrogen-bond acceptors (Lipinski definition) is 4. The Morgan fingerprint density at radius 2 is 1.96 bits per heavy atom. The van der Waals surface area contributed by atoms with Crippen LogP contribution in [-0.2, 0) is 11.2 Å². The van der Waals surface area contributed by atoms with Crippen molar-refractivity contribution in [3.8, 4) is 0 Å². The van der Waals surface area contributed by atoms with Crippen molar-refractivity contribution in [2.75, 3.05) is 6.54 Å². The van der Waals surface area contributed by atoms with E-state index in [4.69, 9.17) is 0 Å². The Bertz CT molecular complexity index is 632. The summed E-state index contributed by atoms with van der Waals surface area (Å²) in [5, 5.41) is 5.39. The van der Waals surface area contributed by atoms with Crippen molar-refractivity contribution in [2.24, 2.45) is 0 Å². The van der Waals surface area contributed by atoms with Gasteiger partial charge in [0.05, 0.1) is 12.7 Å². The Labute approximate surface area is 135 Å². The molecule has 0 bridgehead atoms. The van der Waals surface area contributed by atoms with Crippen molar-refractivity contribution in [3.63, 3.8) is 0 Å². The van der Waals surface area contributed by atoms with Gasteiger partial charge in [-0.05, 0) is 25.3 Å².